The molecule has 1 fully saturated rings. The highest BCUT2D eigenvalue weighted by Crippen LogP contribution is 2.33. The molecule has 10 heteroatoms. The van der Waals surface area contributed by atoms with Crippen LogP contribution in [0.1, 0.15) is 24.6 Å². The number of anilines is 1. The summed E-state index contributed by atoms with van der Waals surface area (Å²) in [5.41, 5.74) is -0.750. The van der Waals surface area contributed by atoms with Gasteiger partial charge in [-0.2, -0.15) is 0 Å². The molecule has 1 aliphatic heterocycles. The van der Waals surface area contributed by atoms with Gasteiger partial charge in [0.25, 0.3) is 0 Å². The maximum atomic E-state index is 14.2. The molecule has 4 aromatic rings. The zero-order valence-electron chi connectivity index (χ0n) is 20.4. The minimum Gasteiger partial charge on any atom is -0.508 e. The molecule has 192 valence electrons. The summed E-state index contributed by atoms with van der Waals surface area (Å²) in [6.45, 7) is 8.63. The number of benzene rings is 3. The number of aliphatic hydroxyl groups is 1. The number of carbonyl (C=O) groups excluding carboxylic acids is 2. The van der Waals surface area contributed by atoms with Gasteiger partial charge in [-0.15, -0.1) is 0 Å². The largest absolute Gasteiger partial charge is 0.508 e. The first-order valence-electron chi connectivity index (χ1n) is 11.9. The number of hydrogen-bond donors (Lipinski definition) is 3. The second-order valence-corrected chi connectivity index (χ2v) is 9.34. The third-order valence-electron chi connectivity index (χ3n) is 6.83. The van der Waals surface area contributed by atoms with Crippen molar-refractivity contribution in [3.8, 4) is 5.75 Å². The number of carbonyl (C=O) groups is 2. The highest BCUT2D eigenvalue weighted by molar-refractivity contribution is 6.08. The van der Waals surface area contributed by atoms with Gasteiger partial charge in [0.1, 0.15) is 29.8 Å². The lowest BCUT2D eigenvalue weighted by molar-refractivity contribution is -0.126. The molecule has 0 saturated carbocycles. The number of phenols is 1. The fourth-order valence-electron chi connectivity index (χ4n) is 4.83. The van der Waals surface area contributed by atoms with Crippen molar-refractivity contribution in [2.24, 2.45) is 0 Å². The molecule has 2 amide bonds. The van der Waals surface area contributed by atoms with Crippen LogP contribution in [-0.2, 0) is 21.7 Å². The predicted octanol–water partition coefficient (Wildman–Crippen LogP) is 3.61. The van der Waals surface area contributed by atoms with Crippen LogP contribution >= 0.6 is 0 Å². The highest BCUT2D eigenvalue weighted by atomic mass is 19.1. The van der Waals surface area contributed by atoms with Crippen molar-refractivity contribution in [2.75, 3.05) is 11.4 Å². The van der Waals surface area contributed by atoms with E-state index in [1.54, 1.807) is 29.2 Å². The molecule has 0 spiro atoms. The van der Waals surface area contributed by atoms with E-state index >= 15 is 0 Å². The lowest BCUT2D eigenvalue weighted by atomic mass is 9.92. The van der Waals surface area contributed by atoms with Crippen LogP contribution in [-0.4, -0.2) is 44.2 Å². The molecule has 9 nitrogen and oxygen atoms in total. The molecule has 2 unspecified atom stereocenters. The van der Waals surface area contributed by atoms with E-state index in [4.69, 9.17) is 6.57 Å². The van der Waals surface area contributed by atoms with Gasteiger partial charge in [-0.1, -0.05) is 30.3 Å². The van der Waals surface area contributed by atoms with E-state index in [2.05, 4.69) is 15.1 Å². The first-order valence-corrected chi connectivity index (χ1v) is 11.9. The molecule has 2 atom stereocenters. The number of aromatic nitrogens is 2. The number of imidazole rings is 1. The van der Waals surface area contributed by atoms with Crippen LogP contribution in [0.4, 0.5) is 15.8 Å². The molecular formula is C28H24FN5O4. The molecule has 0 aliphatic carbocycles. The smallest absolute Gasteiger partial charge is 0.249 e. The van der Waals surface area contributed by atoms with Gasteiger partial charge in [-0.3, -0.25) is 9.59 Å². The van der Waals surface area contributed by atoms with Crippen LogP contribution in [0.2, 0.25) is 0 Å². The van der Waals surface area contributed by atoms with Gasteiger partial charge in [0.2, 0.25) is 17.5 Å². The number of aromatic hydroxyl groups is 1. The molecule has 3 aromatic carbocycles. The SMILES string of the molecule is [C-]#[N+]c1ccc(C(C)(O)c2cncn2CC(=O)NC2CCN(c3cccc4ccc(O)cc34)C2=O)cc1F. The van der Waals surface area contributed by atoms with Crippen molar-refractivity contribution in [1.29, 1.82) is 0 Å². The summed E-state index contributed by atoms with van der Waals surface area (Å²) in [5.74, 6) is -1.38. The normalized spacial score (nSPS) is 16.8. The van der Waals surface area contributed by atoms with E-state index in [9.17, 15) is 24.2 Å². The maximum absolute atomic E-state index is 14.2. The van der Waals surface area contributed by atoms with Gasteiger partial charge >= 0.3 is 0 Å². The van der Waals surface area contributed by atoms with Gasteiger partial charge in [0.05, 0.1) is 30.5 Å². The lowest BCUT2D eigenvalue weighted by Gasteiger charge is -2.25. The van der Waals surface area contributed by atoms with E-state index in [1.807, 2.05) is 12.1 Å². The van der Waals surface area contributed by atoms with Crippen molar-refractivity contribution in [1.82, 2.24) is 14.9 Å². The topological polar surface area (TPSA) is 112 Å². The van der Waals surface area contributed by atoms with Gasteiger partial charge in [0, 0.05) is 11.9 Å². The number of amides is 2. The Bertz CT molecular complexity index is 1610. The molecule has 38 heavy (non-hydrogen) atoms. The molecule has 0 radical (unpaired) electrons. The Balaban J connectivity index is 1.31. The Labute approximate surface area is 217 Å². The van der Waals surface area contributed by atoms with Crippen molar-refractivity contribution < 1.29 is 24.2 Å². The Hall–Kier alpha value is -4.75. The zero-order valence-corrected chi connectivity index (χ0v) is 20.4. The first-order chi connectivity index (χ1) is 18.2. The number of fused-ring (bicyclic) bond motifs is 1. The summed E-state index contributed by atoms with van der Waals surface area (Å²) < 4.78 is 15.6. The standard InChI is InChI=1S/C28H24FN5O4/c1-28(38,18-7-9-22(30-2)21(29)12-18)25-14-31-16-33(25)15-26(36)32-23-10-11-34(27(23)37)24-5-3-4-17-6-8-19(35)13-20(17)24/h3-9,12-14,16,23,35,38H,10-11,15H2,1H3,(H,32,36). The summed E-state index contributed by atoms with van der Waals surface area (Å²) in [5, 5.41) is 25.5. The van der Waals surface area contributed by atoms with Gasteiger partial charge < -0.3 is 25.0 Å². The Kier molecular flexibility index (Phi) is 6.30. The minimum absolute atomic E-state index is 0.0959. The van der Waals surface area contributed by atoms with Crippen LogP contribution in [0.25, 0.3) is 15.6 Å². The zero-order chi connectivity index (χ0) is 27.0. The summed E-state index contributed by atoms with van der Waals surface area (Å²) in [6, 6.07) is 13.6. The third-order valence-corrected chi connectivity index (χ3v) is 6.83. The molecule has 1 aliphatic rings. The second kappa shape index (κ2) is 9.61. The van der Waals surface area contributed by atoms with E-state index in [0.29, 0.717) is 18.7 Å². The van der Waals surface area contributed by atoms with Gasteiger partial charge in [-0.05, 0) is 48.6 Å². The van der Waals surface area contributed by atoms with Crippen LogP contribution in [0.15, 0.2) is 67.1 Å². The number of nitrogens with one attached hydrogen (secondary N) is 1. The molecule has 3 N–H and O–H groups in total. The van der Waals surface area contributed by atoms with E-state index < -0.39 is 23.4 Å². The lowest BCUT2D eigenvalue weighted by Crippen LogP contribution is -2.43. The van der Waals surface area contributed by atoms with Gasteiger partial charge in [-0.25, -0.2) is 14.2 Å². The maximum Gasteiger partial charge on any atom is 0.249 e. The van der Waals surface area contributed by atoms with Crippen molar-refractivity contribution in [3.05, 3.63) is 95.6 Å². The average Bonchev–Trinajstić information content (AvgIpc) is 3.50. The number of hydrogen-bond acceptors (Lipinski definition) is 5. The number of halogens is 1. The molecule has 1 saturated heterocycles. The number of rotatable bonds is 6. The first kappa shape index (κ1) is 24.9. The monoisotopic (exact) mass is 513 g/mol. The fraction of sp³-hybridized carbons (Fsp3) is 0.214. The van der Waals surface area contributed by atoms with Crippen LogP contribution < -0.4 is 10.2 Å². The summed E-state index contributed by atoms with van der Waals surface area (Å²) in [4.78, 5) is 34.9. The quantitative estimate of drug-likeness (QED) is 0.341. The van der Waals surface area contributed by atoms with Crippen molar-refractivity contribution in [2.45, 2.75) is 31.5 Å². The van der Waals surface area contributed by atoms with Crippen LogP contribution in [0, 0.1) is 12.4 Å². The minimum atomic E-state index is -1.70. The van der Waals surface area contributed by atoms with E-state index in [0.717, 1.165) is 16.8 Å². The molecule has 2 heterocycles. The Morgan fingerprint density at radius 1 is 1.26 bits per heavy atom. The van der Waals surface area contributed by atoms with Crippen LogP contribution in [0.3, 0.4) is 0 Å². The van der Waals surface area contributed by atoms with Crippen molar-refractivity contribution >= 4 is 34.0 Å². The van der Waals surface area contributed by atoms with Crippen molar-refractivity contribution in [3.63, 3.8) is 0 Å². The Morgan fingerprint density at radius 3 is 2.84 bits per heavy atom. The average molecular weight is 514 g/mol. The summed E-state index contributed by atoms with van der Waals surface area (Å²) >= 11 is 0. The molecular weight excluding hydrogens is 489 g/mol. The molecule has 0 bridgehead atoms. The molecule has 5 rings (SSSR count). The van der Waals surface area contributed by atoms with Gasteiger partial charge in [0.15, 0.2) is 0 Å². The summed E-state index contributed by atoms with van der Waals surface area (Å²) in [6.07, 6.45) is 3.16. The number of nitrogens with zero attached hydrogens (tertiary/aromatic N) is 4. The van der Waals surface area contributed by atoms with E-state index in [1.165, 1.54) is 36.1 Å². The number of phenolic OH excluding ortho intramolecular Hbond substituents is 1. The highest BCUT2D eigenvalue weighted by Gasteiger charge is 2.35. The van der Waals surface area contributed by atoms with E-state index in [-0.39, 0.29) is 35.1 Å². The van der Waals surface area contributed by atoms with Crippen LogP contribution in [0.5, 0.6) is 5.75 Å². The fourth-order valence-corrected chi connectivity index (χ4v) is 4.83. The Morgan fingerprint density at radius 2 is 2.08 bits per heavy atom. The summed E-state index contributed by atoms with van der Waals surface area (Å²) in [7, 11) is 0. The predicted molar refractivity (Wildman–Crippen MR) is 138 cm³/mol. The second-order valence-electron chi connectivity index (χ2n) is 9.34. The third kappa shape index (κ3) is 4.44. The molecule has 1 aromatic heterocycles.